The van der Waals surface area contributed by atoms with E-state index in [1.807, 2.05) is 43.3 Å². The van der Waals surface area contributed by atoms with Gasteiger partial charge in [0.05, 0.1) is 5.75 Å². The van der Waals surface area contributed by atoms with Gasteiger partial charge in [-0.25, -0.2) is 0 Å². The number of thioether (sulfide) groups is 1. The van der Waals surface area contributed by atoms with E-state index in [1.165, 1.54) is 17.3 Å². The van der Waals surface area contributed by atoms with Gasteiger partial charge in [0.1, 0.15) is 5.03 Å². The number of aryl methyl sites for hydroxylation is 1. The molecule has 0 saturated heterocycles. The summed E-state index contributed by atoms with van der Waals surface area (Å²) >= 11 is 7.28. The van der Waals surface area contributed by atoms with Crippen molar-refractivity contribution in [1.29, 1.82) is 0 Å². The van der Waals surface area contributed by atoms with Crippen LogP contribution in [0.2, 0.25) is 5.02 Å². The van der Waals surface area contributed by atoms with E-state index >= 15 is 0 Å². The molecule has 4 rings (SSSR count). The van der Waals surface area contributed by atoms with Crippen LogP contribution >= 0.6 is 23.4 Å². The molecule has 0 aliphatic carbocycles. The molecule has 2 aromatic heterocycles. The van der Waals surface area contributed by atoms with Crippen molar-refractivity contribution in [2.24, 2.45) is 0 Å². The standard InChI is InChI=1S/C20H16ClN5OS/c1-13-5-7-14(8-6-13)20-24-23-17-9-10-19(25-26(17)20)28-12-18(27)22-16-4-2-3-15(21)11-16/h2-11H,12H2,1H3,(H,22,27). The molecule has 8 heteroatoms. The third-order valence-corrected chi connectivity index (χ3v) is 5.16. The molecule has 0 spiro atoms. The molecule has 0 atom stereocenters. The van der Waals surface area contributed by atoms with E-state index in [1.54, 1.807) is 28.8 Å². The first-order valence-corrected chi connectivity index (χ1v) is 9.92. The summed E-state index contributed by atoms with van der Waals surface area (Å²) in [5, 5.41) is 17.1. The molecule has 2 heterocycles. The van der Waals surface area contributed by atoms with E-state index in [2.05, 4.69) is 20.6 Å². The molecule has 0 radical (unpaired) electrons. The fourth-order valence-electron chi connectivity index (χ4n) is 2.63. The number of benzene rings is 2. The Balaban J connectivity index is 1.49. The summed E-state index contributed by atoms with van der Waals surface area (Å²) < 4.78 is 1.70. The Labute approximate surface area is 170 Å². The smallest absolute Gasteiger partial charge is 0.234 e. The van der Waals surface area contributed by atoms with Gasteiger partial charge in [-0.1, -0.05) is 59.3 Å². The summed E-state index contributed by atoms with van der Waals surface area (Å²) in [6.45, 7) is 2.03. The van der Waals surface area contributed by atoms with Crippen molar-refractivity contribution in [2.45, 2.75) is 11.9 Å². The van der Waals surface area contributed by atoms with Crippen molar-refractivity contribution >= 4 is 40.6 Å². The third kappa shape index (κ3) is 4.16. The maximum absolute atomic E-state index is 12.2. The lowest BCUT2D eigenvalue weighted by atomic mass is 10.1. The van der Waals surface area contributed by atoms with Gasteiger partial charge in [-0.15, -0.1) is 10.2 Å². The monoisotopic (exact) mass is 409 g/mol. The Morgan fingerprint density at radius 1 is 1.11 bits per heavy atom. The molecule has 0 aliphatic heterocycles. The summed E-state index contributed by atoms with van der Waals surface area (Å²) in [5.41, 5.74) is 3.43. The molecule has 28 heavy (non-hydrogen) atoms. The van der Waals surface area contributed by atoms with Crippen LogP contribution < -0.4 is 5.32 Å². The minimum Gasteiger partial charge on any atom is -0.325 e. The largest absolute Gasteiger partial charge is 0.325 e. The van der Waals surface area contributed by atoms with Crippen molar-refractivity contribution in [2.75, 3.05) is 11.1 Å². The van der Waals surface area contributed by atoms with Crippen LogP contribution in [-0.4, -0.2) is 31.5 Å². The summed E-state index contributed by atoms with van der Waals surface area (Å²) in [4.78, 5) is 12.2. The van der Waals surface area contributed by atoms with Gasteiger partial charge in [0.15, 0.2) is 11.5 Å². The number of aromatic nitrogens is 4. The van der Waals surface area contributed by atoms with Gasteiger partial charge in [-0.3, -0.25) is 4.79 Å². The number of nitrogens with zero attached hydrogens (tertiary/aromatic N) is 4. The third-order valence-electron chi connectivity index (χ3n) is 4.01. The van der Waals surface area contributed by atoms with Gasteiger partial charge in [-0.05, 0) is 37.3 Å². The Morgan fingerprint density at radius 2 is 1.93 bits per heavy atom. The van der Waals surface area contributed by atoms with Crippen LogP contribution in [0.15, 0.2) is 65.7 Å². The second-order valence-electron chi connectivity index (χ2n) is 6.18. The number of halogens is 1. The van der Waals surface area contributed by atoms with Crippen LogP contribution in [0.3, 0.4) is 0 Å². The van der Waals surface area contributed by atoms with Crippen LogP contribution in [-0.2, 0) is 4.79 Å². The summed E-state index contributed by atoms with van der Waals surface area (Å²) in [6, 6.07) is 18.8. The van der Waals surface area contributed by atoms with Gasteiger partial charge < -0.3 is 5.32 Å². The quantitative estimate of drug-likeness (QED) is 0.492. The number of fused-ring (bicyclic) bond motifs is 1. The zero-order chi connectivity index (χ0) is 19.5. The molecule has 0 aliphatic rings. The van der Waals surface area contributed by atoms with E-state index in [4.69, 9.17) is 11.6 Å². The summed E-state index contributed by atoms with van der Waals surface area (Å²) in [6.07, 6.45) is 0. The number of nitrogens with one attached hydrogen (secondary N) is 1. The van der Waals surface area contributed by atoms with Crippen LogP contribution in [0, 0.1) is 6.92 Å². The van der Waals surface area contributed by atoms with E-state index in [0.29, 0.717) is 27.2 Å². The van der Waals surface area contributed by atoms with Gasteiger partial charge >= 0.3 is 0 Å². The molecular formula is C20H16ClN5OS. The first-order valence-electron chi connectivity index (χ1n) is 8.56. The van der Waals surface area contributed by atoms with Crippen LogP contribution in [0.4, 0.5) is 5.69 Å². The highest BCUT2D eigenvalue weighted by molar-refractivity contribution is 7.99. The highest BCUT2D eigenvalue weighted by atomic mass is 35.5. The van der Waals surface area contributed by atoms with Crippen molar-refractivity contribution in [3.8, 4) is 11.4 Å². The molecule has 0 saturated carbocycles. The van der Waals surface area contributed by atoms with Crippen molar-refractivity contribution in [1.82, 2.24) is 19.8 Å². The maximum atomic E-state index is 12.2. The zero-order valence-corrected chi connectivity index (χ0v) is 16.5. The molecule has 1 amide bonds. The summed E-state index contributed by atoms with van der Waals surface area (Å²) in [5.74, 6) is 0.769. The van der Waals surface area contributed by atoms with Crippen LogP contribution in [0.5, 0.6) is 0 Å². The Kier molecular flexibility index (Phi) is 5.27. The zero-order valence-electron chi connectivity index (χ0n) is 15.0. The average Bonchev–Trinajstić information content (AvgIpc) is 3.10. The van der Waals surface area contributed by atoms with E-state index in [-0.39, 0.29) is 11.7 Å². The first-order chi connectivity index (χ1) is 13.6. The number of carbonyl (C=O) groups is 1. The molecule has 0 unspecified atom stereocenters. The Hall–Kier alpha value is -2.90. The molecular weight excluding hydrogens is 394 g/mol. The molecule has 6 nitrogen and oxygen atoms in total. The van der Waals surface area contributed by atoms with Crippen LogP contribution in [0.25, 0.3) is 17.0 Å². The first kappa shape index (κ1) is 18.5. The number of carbonyl (C=O) groups excluding carboxylic acids is 1. The van der Waals surface area contributed by atoms with E-state index in [0.717, 1.165) is 5.56 Å². The molecule has 1 N–H and O–H groups in total. The maximum Gasteiger partial charge on any atom is 0.234 e. The van der Waals surface area contributed by atoms with Crippen LogP contribution in [0.1, 0.15) is 5.56 Å². The highest BCUT2D eigenvalue weighted by Crippen LogP contribution is 2.21. The fraction of sp³-hybridized carbons (Fsp3) is 0.100. The normalized spacial score (nSPS) is 10.9. The number of amides is 1. The molecule has 2 aromatic carbocycles. The molecule has 0 bridgehead atoms. The number of rotatable bonds is 5. The van der Waals surface area contributed by atoms with Crippen molar-refractivity contribution in [3.63, 3.8) is 0 Å². The van der Waals surface area contributed by atoms with E-state index < -0.39 is 0 Å². The lowest BCUT2D eigenvalue weighted by molar-refractivity contribution is -0.113. The number of anilines is 1. The summed E-state index contributed by atoms with van der Waals surface area (Å²) in [7, 11) is 0. The minimum atomic E-state index is -0.128. The Morgan fingerprint density at radius 3 is 2.71 bits per heavy atom. The lowest BCUT2D eigenvalue weighted by Gasteiger charge is -2.06. The lowest BCUT2D eigenvalue weighted by Crippen LogP contribution is -2.14. The predicted octanol–water partition coefficient (Wildman–Crippen LogP) is 4.48. The highest BCUT2D eigenvalue weighted by Gasteiger charge is 2.11. The minimum absolute atomic E-state index is 0.128. The van der Waals surface area contributed by atoms with Gasteiger partial charge in [0, 0.05) is 16.3 Å². The molecule has 0 fully saturated rings. The fourth-order valence-corrected chi connectivity index (χ4v) is 3.48. The second-order valence-corrected chi connectivity index (χ2v) is 7.61. The number of hydrogen-bond acceptors (Lipinski definition) is 5. The molecule has 4 aromatic rings. The van der Waals surface area contributed by atoms with Gasteiger partial charge in [0.25, 0.3) is 0 Å². The second kappa shape index (κ2) is 8.00. The average molecular weight is 410 g/mol. The predicted molar refractivity (Wildman–Crippen MR) is 112 cm³/mol. The SMILES string of the molecule is Cc1ccc(-c2nnc3ccc(SCC(=O)Nc4cccc(Cl)c4)nn23)cc1. The van der Waals surface area contributed by atoms with Crippen molar-refractivity contribution < 1.29 is 4.79 Å². The van der Waals surface area contributed by atoms with Crippen molar-refractivity contribution in [3.05, 3.63) is 71.2 Å². The topological polar surface area (TPSA) is 72.2 Å². The van der Waals surface area contributed by atoms with E-state index in [9.17, 15) is 4.79 Å². The Bertz CT molecular complexity index is 1140. The number of hydrogen-bond donors (Lipinski definition) is 1. The van der Waals surface area contributed by atoms with Gasteiger partial charge in [0.2, 0.25) is 5.91 Å². The molecule has 140 valence electrons. The van der Waals surface area contributed by atoms with Gasteiger partial charge in [-0.2, -0.15) is 9.61 Å².